The van der Waals surface area contributed by atoms with Crippen LogP contribution in [0, 0.1) is 0 Å². The number of methoxy groups -OCH3 is 1. The molecule has 2 heterocycles. The number of rotatable bonds is 5. The number of fused-ring (bicyclic) bond motifs is 1. The lowest BCUT2D eigenvalue weighted by atomic mass is 10.3. The molecule has 0 bridgehead atoms. The van der Waals surface area contributed by atoms with Crippen LogP contribution in [0.15, 0.2) is 35.6 Å². The van der Waals surface area contributed by atoms with E-state index in [4.69, 9.17) is 4.74 Å². The van der Waals surface area contributed by atoms with Crippen LogP contribution in [0.3, 0.4) is 0 Å². The summed E-state index contributed by atoms with van der Waals surface area (Å²) in [6.07, 6.45) is 2.71. The number of nitrogens with zero attached hydrogens (tertiary/aromatic N) is 4. The van der Waals surface area contributed by atoms with Gasteiger partial charge in [-0.3, -0.25) is 0 Å². The lowest BCUT2D eigenvalue weighted by Gasteiger charge is -2.11. The Hall–Kier alpha value is -2.68. The number of aromatic nitrogens is 4. The maximum atomic E-state index is 12.0. The molecule has 0 aliphatic carbocycles. The topological polar surface area (TPSA) is 99.0 Å². The Morgan fingerprint density at radius 1 is 1.24 bits per heavy atom. The molecule has 2 aromatic heterocycles. The molecule has 25 heavy (non-hydrogen) atoms. The van der Waals surface area contributed by atoms with Crippen molar-refractivity contribution < 1.29 is 13.2 Å². The van der Waals surface area contributed by atoms with Crippen molar-refractivity contribution in [2.24, 2.45) is 0 Å². The summed E-state index contributed by atoms with van der Waals surface area (Å²) in [5.41, 5.74) is 1.19. The van der Waals surface area contributed by atoms with E-state index in [2.05, 4.69) is 20.4 Å². The molecule has 0 aliphatic rings. The second-order valence-corrected chi connectivity index (χ2v) is 7.81. The van der Waals surface area contributed by atoms with Crippen molar-refractivity contribution in [3.05, 3.63) is 30.5 Å². The SMILES string of the molecule is COc1cccc(Nc2nc(S(C)(=O)=O)nc3c2cnn3C(C)C)c1. The van der Waals surface area contributed by atoms with Gasteiger partial charge in [0, 0.05) is 24.1 Å². The second-order valence-electron chi connectivity index (χ2n) is 5.90. The Kier molecular flexibility index (Phi) is 4.34. The number of hydrogen-bond acceptors (Lipinski definition) is 7. The van der Waals surface area contributed by atoms with Gasteiger partial charge in [0.1, 0.15) is 11.6 Å². The average Bonchev–Trinajstić information content (AvgIpc) is 2.98. The van der Waals surface area contributed by atoms with Crippen LogP contribution < -0.4 is 10.1 Å². The zero-order chi connectivity index (χ0) is 18.2. The summed E-state index contributed by atoms with van der Waals surface area (Å²) >= 11 is 0. The zero-order valence-corrected chi connectivity index (χ0v) is 15.2. The fraction of sp³-hybridized carbons (Fsp3) is 0.312. The van der Waals surface area contributed by atoms with Crippen LogP contribution in [0.2, 0.25) is 0 Å². The molecular formula is C16H19N5O3S. The first-order valence-electron chi connectivity index (χ1n) is 7.66. The summed E-state index contributed by atoms with van der Waals surface area (Å²) in [6.45, 7) is 3.90. The Morgan fingerprint density at radius 2 is 2.00 bits per heavy atom. The molecule has 0 fully saturated rings. The van der Waals surface area contributed by atoms with Gasteiger partial charge < -0.3 is 10.1 Å². The number of sulfone groups is 1. The van der Waals surface area contributed by atoms with Gasteiger partial charge in [-0.25, -0.2) is 13.1 Å². The highest BCUT2D eigenvalue weighted by molar-refractivity contribution is 7.90. The van der Waals surface area contributed by atoms with Gasteiger partial charge in [-0.05, 0) is 26.0 Å². The van der Waals surface area contributed by atoms with Gasteiger partial charge in [-0.1, -0.05) is 6.07 Å². The molecule has 1 N–H and O–H groups in total. The van der Waals surface area contributed by atoms with Gasteiger partial charge >= 0.3 is 0 Å². The number of hydrogen-bond donors (Lipinski definition) is 1. The fourth-order valence-electron chi connectivity index (χ4n) is 2.38. The van der Waals surface area contributed by atoms with Crippen LogP contribution in [0.25, 0.3) is 11.0 Å². The predicted octanol–water partition coefficient (Wildman–Crippen LogP) is 2.56. The van der Waals surface area contributed by atoms with Crippen LogP contribution in [-0.2, 0) is 9.84 Å². The number of benzene rings is 1. The Bertz CT molecular complexity index is 1030. The first-order valence-corrected chi connectivity index (χ1v) is 9.55. The monoisotopic (exact) mass is 361 g/mol. The largest absolute Gasteiger partial charge is 0.497 e. The third-order valence-corrected chi connectivity index (χ3v) is 4.43. The molecule has 3 aromatic rings. The van der Waals surface area contributed by atoms with Crippen molar-refractivity contribution in [1.29, 1.82) is 0 Å². The lowest BCUT2D eigenvalue weighted by Crippen LogP contribution is -2.10. The molecule has 0 atom stereocenters. The predicted molar refractivity (Wildman–Crippen MR) is 95.1 cm³/mol. The molecule has 0 aliphatic heterocycles. The summed E-state index contributed by atoms with van der Waals surface area (Å²) in [7, 11) is -1.99. The summed E-state index contributed by atoms with van der Waals surface area (Å²) in [5, 5.41) is 7.85. The average molecular weight is 361 g/mol. The van der Waals surface area contributed by atoms with Crippen molar-refractivity contribution >= 4 is 32.4 Å². The van der Waals surface area contributed by atoms with E-state index in [-0.39, 0.29) is 11.2 Å². The first kappa shape index (κ1) is 17.2. The molecule has 9 heteroatoms. The van der Waals surface area contributed by atoms with Crippen LogP contribution in [-0.4, -0.2) is 41.5 Å². The highest BCUT2D eigenvalue weighted by atomic mass is 32.2. The minimum absolute atomic E-state index is 0.0319. The minimum Gasteiger partial charge on any atom is -0.497 e. The number of ether oxygens (including phenoxy) is 1. The number of anilines is 2. The van der Waals surface area contributed by atoms with Crippen LogP contribution in [0.1, 0.15) is 19.9 Å². The van der Waals surface area contributed by atoms with Gasteiger partial charge in [0.05, 0.1) is 18.7 Å². The van der Waals surface area contributed by atoms with Gasteiger partial charge in [0.25, 0.3) is 5.16 Å². The summed E-state index contributed by atoms with van der Waals surface area (Å²) < 4.78 is 30.8. The summed E-state index contributed by atoms with van der Waals surface area (Å²) in [5.74, 6) is 1.06. The lowest BCUT2D eigenvalue weighted by molar-refractivity contribution is 0.415. The van der Waals surface area contributed by atoms with E-state index in [1.165, 1.54) is 0 Å². The molecule has 0 radical (unpaired) electrons. The van der Waals surface area contributed by atoms with Crippen LogP contribution in [0.4, 0.5) is 11.5 Å². The number of nitrogens with one attached hydrogen (secondary N) is 1. The van der Waals surface area contributed by atoms with E-state index < -0.39 is 9.84 Å². The fourth-order valence-corrected chi connectivity index (χ4v) is 2.89. The van der Waals surface area contributed by atoms with E-state index in [1.54, 1.807) is 24.1 Å². The quantitative estimate of drug-likeness (QED) is 0.697. The van der Waals surface area contributed by atoms with Crippen molar-refractivity contribution in [2.75, 3.05) is 18.7 Å². The molecule has 132 valence electrons. The van der Waals surface area contributed by atoms with Crippen LogP contribution >= 0.6 is 0 Å². The van der Waals surface area contributed by atoms with Crippen molar-refractivity contribution in [3.8, 4) is 5.75 Å². The summed E-state index contributed by atoms with van der Waals surface area (Å²) in [4.78, 5) is 8.39. The van der Waals surface area contributed by atoms with E-state index in [9.17, 15) is 8.42 Å². The minimum atomic E-state index is -3.57. The maximum Gasteiger partial charge on any atom is 0.250 e. The third kappa shape index (κ3) is 3.41. The normalized spacial score (nSPS) is 11.9. The Morgan fingerprint density at radius 3 is 2.64 bits per heavy atom. The van der Waals surface area contributed by atoms with E-state index in [0.29, 0.717) is 22.6 Å². The van der Waals surface area contributed by atoms with Crippen molar-refractivity contribution in [2.45, 2.75) is 25.0 Å². The zero-order valence-electron chi connectivity index (χ0n) is 14.4. The molecule has 3 rings (SSSR count). The highest BCUT2D eigenvalue weighted by Crippen LogP contribution is 2.27. The Balaban J connectivity index is 2.18. The molecule has 0 unspecified atom stereocenters. The standard InChI is InChI=1S/C16H19N5O3S/c1-10(2)21-15-13(9-17-21)14(19-16(20-15)25(4,22)23)18-11-6-5-7-12(8-11)24-3/h5-10H,1-4H3,(H,18,19,20). The van der Waals surface area contributed by atoms with Crippen molar-refractivity contribution in [1.82, 2.24) is 19.7 Å². The molecule has 0 saturated heterocycles. The van der Waals surface area contributed by atoms with Gasteiger partial charge in [-0.15, -0.1) is 0 Å². The highest BCUT2D eigenvalue weighted by Gasteiger charge is 2.19. The van der Waals surface area contributed by atoms with Gasteiger partial charge in [0.2, 0.25) is 9.84 Å². The second kappa shape index (κ2) is 6.32. The first-order chi connectivity index (χ1) is 11.8. The molecule has 0 saturated carbocycles. The van der Waals surface area contributed by atoms with Gasteiger partial charge in [0.15, 0.2) is 5.65 Å². The molecule has 0 spiro atoms. The molecule has 1 aromatic carbocycles. The van der Waals surface area contributed by atoms with Crippen molar-refractivity contribution in [3.63, 3.8) is 0 Å². The van der Waals surface area contributed by atoms with Gasteiger partial charge in [-0.2, -0.15) is 15.1 Å². The molecule has 8 nitrogen and oxygen atoms in total. The molecular weight excluding hydrogens is 342 g/mol. The smallest absolute Gasteiger partial charge is 0.250 e. The van der Waals surface area contributed by atoms with E-state index in [0.717, 1.165) is 11.9 Å². The third-order valence-electron chi connectivity index (χ3n) is 3.59. The van der Waals surface area contributed by atoms with E-state index >= 15 is 0 Å². The van der Waals surface area contributed by atoms with E-state index in [1.807, 2.05) is 32.0 Å². The maximum absolute atomic E-state index is 12.0. The van der Waals surface area contributed by atoms with Crippen LogP contribution in [0.5, 0.6) is 5.75 Å². The summed E-state index contributed by atoms with van der Waals surface area (Å²) in [6, 6.07) is 7.31. The Labute approximate surface area is 145 Å². The molecule has 0 amide bonds.